The molecule has 0 radical (unpaired) electrons. The summed E-state index contributed by atoms with van der Waals surface area (Å²) in [5, 5.41) is 2.59. The van der Waals surface area contributed by atoms with Gasteiger partial charge in [0.1, 0.15) is 0 Å². The van der Waals surface area contributed by atoms with Crippen LogP contribution in [0.4, 0.5) is 5.69 Å². The average Bonchev–Trinajstić information content (AvgIpc) is 2.78. The molecule has 0 aromatic heterocycles. The number of amides is 2. The number of rotatable bonds is 4. The molecule has 0 bridgehead atoms. The van der Waals surface area contributed by atoms with E-state index in [9.17, 15) is 18.0 Å². The van der Waals surface area contributed by atoms with E-state index >= 15 is 0 Å². The lowest BCUT2D eigenvalue weighted by Crippen LogP contribution is -2.36. The second-order valence-electron chi connectivity index (χ2n) is 7.95. The van der Waals surface area contributed by atoms with E-state index in [2.05, 4.69) is 11.4 Å². The fraction of sp³-hybridized carbons (Fsp3) is 0.200. The van der Waals surface area contributed by atoms with Crippen LogP contribution in [0.3, 0.4) is 0 Å². The van der Waals surface area contributed by atoms with Crippen LogP contribution in [0.2, 0.25) is 0 Å². The molecule has 164 valence electrons. The molecule has 0 fully saturated rings. The van der Waals surface area contributed by atoms with Crippen molar-refractivity contribution in [3.63, 3.8) is 0 Å². The maximum atomic E-state index is 13.2. The van der Waals surface area contributed by atoms with Crippen molar-refractivity contribution < 1.29 is 18.0 Å². The number of anilines is 1. The lowest BCUT2D eigenvalue weighted by atomic mass is 9.99. The van der Waals surface area contributed by atoms with Crippen LogP contribution >= 0.6 is 0 Å². The van der Waals surface area contributed by atoms with Crippen molar-refractivity contribution in [1.82, 2.24) is 4.90 Å². The smallest absolute Gasteiger partial charge is 0.254 e. The van der Waals surface area contributed by atoms with Crippen LogP contribution in [0.5, 0.6) is 0 Å². The van der Waals surface area contributed by atoms with Crippen LogP contribution in [0.15, 0.2) is 76.5 Å². The van der Waals surface area contributed by atoms with Crippen LogP contribution in [0, 0.1) is 6.92 Å². The third kappa shape index (κ3) is 4.29. The first kappa shape index (κ1) is 21.8. The van der Waals surface area contributed by atoms with Gasteiger partial charge in [0.05, 0.1) is 15.5 Å². The molecule has 0 atom stereocenters. The minimum absolute atomic E-state index is 0.0444. The summed E-state index contributed by atoms with van der Waals surface area (Å²) < 4.78 is 26.4. The van der Waals surface area contributed by atoms with Gasteiger partial charge in [-0.15, -0.1) is 0 Å². The maximum Gasteiger partial charge on any atom is 0.254 e. The Morgan fingerprint density at radius 1 is 0.938 bits per heavy atom. The van der Waals surface area contributed by atoms with Gasteiger partial charge in [-0.1, -0.05) is 42.0 Å². The molecule has 0 saturated heterocycles. The molecule has 7 heteroatoms. The van der Waals surface area contributed by atoms with E-state index in [4.69, 9.17) is 0 Å². The van der Waals surface area contributed by atoms with E-state index in [1.54, 1.807) is 17.0 Å². The Bertz CT molecular complexity index is 1300. The summed E-state index contributed by atoms with van der Waals surface area (Å²) in [5.74, 6) is -0.618. The van der Waals surface area contributed by atoms with Crippen molar-refractivity contribution in [2.75, 3.05) is 11.9 Å². The van der Waals surface area contributed by atoms with Crippen molar-refractivity contribution >= 4 is 27.3 Å². The van der Waals surface area contributed by atoms with Crippen LogP contribution in [-0.2, 0) is 27.6 Å². The highest BCUT2D eigenvalue weighted by molar-refractivity contribution is 7.91. The van der Waals surface area contributed by atoms with Gasteiger partial charge < -0.3 is 10.2 Å². The second kappa shape index (κ2) is 8.59. The summed E-state index contributed by atoms with van der Waals surface area (Å²) in [5.41, 5.74) is 3.70. The van der Waals surface area contributed by atoms with Crippen molar-refractivity contribution in [3.05, 3.63) is 89.0 Å². The third-order valence-electron chi connectivity index (χ3n) is 5.58. The molecule has 4 rings (SSSR count). The number of carbonyl (C=O) groups excluding carboxylic acids is 2. The maximum absolute atomic E-state index is 13.2. The largest absolute Gasteiger partial charge is 0.334 e. The van der Waals surface area contributed by atoms with Gasteiger partial charge in [0.2, 0.25) is 15.7 Å². The fourth-order valence-electron chi connectivity index (χ4n) is 3.88. The van der Waals surface area contributed by atoms with Crippen LogP contribution in [0.1, 0.15) is 34.0 Å². The van der Waals surface area contributed by atoms with Gasteiger partial charge in [0.25, 0.3) is 5.91 Å². The normalized spacial score (nSPS) is 13.4. The van der Waals surface area contributed by atoms with Crippen LogP contribution in [-0.4, -0.2) is 31.7 Å². The summed E-state index contributed by atoms with van der Waals surface area (Å²) in [4.78, 5) is 26.8. The number of hydrogen-bond acceptors (Lipinski definition) is 4. The Labute approximate surface area is 187 Å². The minimum atomic E-state index is -3.88. The first-order valence-corrected chi connectivity index (χ1v) is 11.8. The molecule has 1 heterocycles. The number of benzene rings is 3. The summed E-state index contributed by atoms with van der Waals surface area (Å²) in [6.07, 6.45) is 0.764. The number of nitrogens with one attached hydrogen (secondary N) is 1. The van der Waals surface area contributed by atoms with Crippen LogP contribution in [0.25, 0.3) is 0 Å². The zero-order valence-electron chi connectivity index (χ0n) is 18.0. The summed E-state index contributed by atoms with van der Waals surface area (Å²) >= 11 is 0. The lowest BCUT2D eigenvalue weighted by molar-refractivity contribution is -0.114. The molecule has 1 aliphatic rings. The molecule has 0 aliphatic carbocycles. The highest BCUT2D eigenvalue weighted by Gasteiger charge is 2.26. The minimum Gasteiger partial charge on any atom is -0.334 e. The van der Waals surface area contributed by atoms with Crippen molar-refractivity contribution in [1.29, 1.82) is 0 Å². The van der Waals surface area contributed by atoms with Gasteiger partial charge in [-0.3, -0.25) is 9.59 Å². The topological polar surface area (TPSA) is 83.6 Å². The number of carbonyl (C=O) groups is 2. The number of hydrogen-bond donors (Lipinski definition) is 1. The first-order valence-electron chi connectivity index (χ1n) is 10.3. The molecular formula is C25H24N2O4S. The Kier molecular flexibility index (Phi) is 5.84. The SMILES string of the molecule is CC(=O)Nc1cc(C(=O)N2CCc3ccccc3C2)ccc1S(=O)(=O)c1ccc(C)cc1. The van der Waals surface area contributed by atoms with Crippen molar-refractivity contribution in [3.8, 4) is 0 Å². The van der Waals surface area contributed by atoms with Gasteiger partial charge in [0.15, 0.2) is 0 Å². The Hall–Kier alpha value is -3.45. The highest BCUT2D eigenvalue weighted by Crippen LogP contribution is 2.30. The molecule has 6 nitrogen and oxygen atoms in total. The second-order valence-corrected chi connectivity index (χ2v) is 9.87. The van der Waals surface area contributed by atoms with Crippen molar-refractivity contribution in [2.45, 2.75) is 36.6 Å². The molecule has 0 saturated carbocycles. The number of nitrogens with zero attached hydrogens (tertiary/aromatic N) is 1. The summed E-state index contributed by atoms with van der Waals surface area (Å²) in [7, 11) is -3.88. The molecule has 32 heavy (non-hydrogen) atoms. The zero-order valence-corrected chi connectivity index (χ0v) is 18.8. The van der Waals surface area contributed by atoms with Crippen molar-refractivity contribution in [2.24, 2.45) is 0 Å². The molecule has 0 spiro atoms. The molecular weight excluding hydrogens is 424 g/mol. The standard InChI is InChI=1S/C25H24N2O4S/c1-17-7-10-22(11-8-17)32(30,31)24-12-9-20(15-23(24)26-18(2)28)25(29)27-14-13-19-5-3-4-6-21(19)16-27/h3-12,15H,13-14,16H2,1-2H3,(H,26,28). The van der Waals surface area contributed by atoms with E-state index in [1.807, 2.05) is 25.1 Å². The first-order chi connectivity index (χ1) is 15.3. The van der Waals surface area contributed by atoms with Gasteiger partial charge in [-0.05, 0) is 54.8 Å². The van der Waals surface area contributed by atoms with Gasteiger partial charge in [-0.2, -0.15) is 0 Å². The highest BCUT2D eigenvalue weighted by atomic mass is 32.2. The molecule has 3 aromatic carbocycles. The monoisotopic (exact) mass is 448 g/mol. The van der Waals surface area contributed by atoms with E-state index in [0.29, 0.717) is 18.7 Å². The lowest BCUT2D eigenvalue weighted by Gasteiger charge is -2.29. The van der Waals surface area contributed by atoms with Gasteiger partial charge in [0, 0.05) is 25.6 Å². The predicted molar refractivity (Wildman–Crippen MR) is 122 cm³/mol. The van der Waals surface area contributed by atoms with E-state index in [-0.39, 0.29) is 21.4 Å². The predicted octanol–water partition coefficient (Wildman–Crippen LogP) is 3.98. The molecule has 1 aliphatic heterocycles. The Balaban J connectivity index is 1.69. The van der Waals surface area contributed by atoms with E-state index in [1.165, 1.54) is 42.8 Å². The summed E-state index contributed by atoms with van der Waals surface area (Å²) in [6, 6.07) is 18.9. The third-order valence-corrected chi connectivity index (χ3v) is 7.40. The zero-order chi connectivity index (χ0) is 22.9. The fourth-order valence-corrected chi connectivity index (χ4v) is 5.28. The average molecular weight is 449 g/mol. The Morgan fingerprint density at radius 2 is 1.62 bits per heavy atom. The van der Waals surface area contributed by atoms with Gasteiger partial charge in [-0.25, -0.2) is 8.42 Å². The van der Waals surface area contributed by atoms with Gasteiger partial charge >= 0.3 is 0 Å². The number of sulfone groups is 1. The molecule has 1 N–H and O–H groups in total. The number of aryl methyl sites for hydroxylation is 1. The summed E-state index contributed by atoms with van der Waals surface area (Å²) in [6.45, 7) is 4.25. The van der Waals surface area contributed by atoms with E-state index < -0.39 is 15.7 Å². The van der Waals surface area contributed by atoms with Crippen LogP contribution < -0.4 is 5.32 Å². The van der Waals surface area contributed by atoms with E-state index in [0.717, 1.165) is 17.5 Å². The quantitative estimate of drug-likeness (QED) is 0.654. The molecule has 3 aromatic rings. The number of fused-ring (bicyclic) bond motifs is 1. The molecule has 2 amide bonds. The Morgan fingerprint density at radius 3 is 2.31 bits per heavy atom. The molecule has 0 unspecified atom stereocenters.